The summed E-state index contributed by atoms with van der Waals surface area (Å²) in [5, 5.41) is 9.22. The highest BCUT2D eigenvalue weighted by Crippen LogP contribution is 2.13. The SMILES string of the molecule is O=Cc1cccc2cnncc12. The first-order valence-corrected chi connectivity index (χ1v) is 3.56. The van der Waals surface area contributed by atoms with Crippen LogP contribution in [0.15, 0.2) is 30.6 Å². The Morgan fingerprint density at radius 2 is 2.00 bits per heavy atom. The number of hydrogen-bond acceptors (Lipinski definition) is 3. The number of aldehydes is 1. The number of benzene rings is 1. The third-order valence-electron chi connectivity index (χ3n) is 1.75. The van der Waals surface area contributed by atoms with Gasteiger partial charge < -0.3 is 0 Å². The molecule has 0 aliphatic carbocycles. The zero-order valence-electron chi connectivity index (χ0n) is 6.27. The molecular formula is C9H6N2O. The number of fused-ring (bicyclic) bond motifs is 1. The van der Waals surface area contributed by atoms with Crippen molar-refractivity contribution in [1.82, 2.24) is 10.2 Å². The molecule has 3 heteroatoms. The summed E-state index contributed by atoms with van der Waals surface area (Å²) in [6, 6.07) is 5.49. The number of aromatic nitrogens is 2. The monoisotopic (exact) mass is 158 g/mol. The first kappa shape index (κ1) is 6.91. The van der Waals surface area contributed by atoms with E-state index in [2.05, 4.69) is 10.2 Å². The van der Waals surface area contributed by atoms with E-state index in [4.69, 9.17) is 0 Å². The second-order valence-corrected chi connectivity index (χ2v) is 2.46. The quantitative estimate of drug-likeness (QED) is 0.590. The highest BCUT2D eigenvalue weighted by atomic mass is 16.1. The molecule has 1 aromatic carbocycles. The summed E-state index contributed by atoms with van der Waals surface area (Å²) < 4.78 is 0. The Morgan fingerprint density at radius 1 is 1.17 bits per heavy atom. The molecule has 1 heterocycles. The van der Waals surface area contributed by atoms with Crippen LogP contribution in [0.25, 0.3) is 10.8 Å². The lowest BCUT2D eigenvalue weighted by Gasteiger charge is -1.96. The Kier molecular flexibility index (Phi) is 1.55. The van der Waals surface area contributed by atoms with Crippen molar-refractivity contribution >= 4 is 17.1 Å². The molecule has 0 bridgehead atoms. The fourth-order valence-corrected chi connectivity index (χ4v) is 1.15. The number of carbonyl (C=O) groups is 1. The predicted molar refractivity (Wildman–Crippen MR) is 44.9 cm³/mol. The molecule has 0 unspecified atom stereocenters. The molecule has 2 rings (SSSR count). The van der Waals surface area contributed by atoms with E-state index in [1.807, 2.05) is 12.1 Å². The van der Waals surface area contributed by atoms with Gasteiger partial charge in [0.25, 0.3) is 0 Å². The van der Waals surface area contributed by atoms with Crippen LogP contribution in [0.1, 0.15) is 10.4 Å². The van der Waals surface area contributed by atoms with Crippen molar-refractivity contribution in [3.63, 3.8) is 0 Å². The lowest BCUT2D eigenvalue weighted by Crippen LogP contribution is -1.85. The maximum atomic E-state index is 10.6. The van der Waals surface area contributed by atoms with E-state index in [0.29, 0.717) is 5.56 Å². The second-order valence-electron chi connectivity index (χ2n) is 2.46. The molecule has 0 radical (unpaired) electrons. The zero-order chi connectivity index (χ0) is 8.39. The van der Waals surface area contributed by atoms with E-state index in [0.717, 1.165) is 17.1 Å². The summed E-state index contributed by atoms with van der Waals surface area (Å²) in [6.45, 7) is 0. The molecule has 0 saturated heterocycles. The van der Waals surface area contributed by atoms with E-state index in [1.54, 1.807) is 18.5 Å². The first-order chi connectivity index (χ1) is 5.92. The van der Waals surface area contributed by atoms with Crippen molar-refractivity contribution in [1.29, 1.82) is 0 Å². The molecule has 0 atom stereocenters. The van der Waals surface area contributed by atoms with Crippen molar-refractivity contribution in [2.24, 2.45) is 0 Å². The van der Waals surface area contributed by atoms with Gasteiger partial charge in [0, 0.05) is 16.3 Å². The molecule has 12 heavy (non-hydrogen) atoms. The van der Waals surface area contributed by atoms with Crippen molar-refractivity contribution in [3.8, 4) is 0 Å². The highest BCUT2D eigenvalue weighted by Gasteiger charge is 1.97. The third kappa shape index (κ3) is 0.955. The van der Waals surface area contributed by atoms with E-state index >= 15 is 0 Å². The minimum atomic E-state index is 0.655. The van der Waals surface area contributed by atoms with Crippen molar-refractivity contribution < 1.29 is 4.79 Å². The Hall–Kier alpha value is -1.77. The van der Waals surface area contributed by atoms with E-state index in [1.165, 1.54) is 0 Å². The van der Waals surface area contributed by atoms with Gasteiger partial charge in [-0.3, -0.25) is 4.79 Å². The smallest absolute Gasteiger partial charge is 0.150 e. The van der Waals surface area contributed by atoms with Gasteiger partial charge in [-0.1, -0.05) is 18.2 Å². The molecule has 0 aliphatic rings. The number of rotatable bonds is 1. The minimum Gasteiger partial charge on any atom is -0.298 e. The normalized spacial score (nSPS) is 10.0. The van der Waals surface area contributed by atoms with Gasteiger partial charge in [0.05, 0.1) is 12.4 Å². The van der Waals surface area contributed by atoms with Crippen LogP contribution in [0.3, 0.4) is 0 Å². The first-order valence-electron chi connectivity index (χ1n) is 3.56. The largest absolute Gasteiger partial charge is 0.298 e. The number of carbonyl (C=O) groups excluding carboxylic acids is 1. The molecule has 0 spiro atoms. The van der Waals surface area contributed by atoms with Gasteiger partial charge in [0.15, 0.2) is 6.29 Å². The summed E-state index contributed by atoms with van der Waals surface area (Å²) in [5.74, 6) is 0. The van der Waals surface area contributed by atoms with Gasteiger partial charge in [-0.15, -0.1) is 0 Å². The van der Waals surface area contributed by atoms with Crippen molar-refractivity contribution in [2.75, 3.05) is 0 Å². The van der Waals surface area contributed by atoms with Crippen LogP contribution >= 0.6 is 0 Å². The van der Waals surface area contributed by atoms with Gasteiger partial charge in [-0.2, -0.15) is 10.2 Å². The summed E-state index contributed by atoms with van der Waals surface area (Å²) in [4.78, 5) is 10.6. The molecular weight excluding hydrogens is 152 g/mol. The second kappa shape index (κ2) is 2.70. The molecule has 1 aromatic heterocycles. The molecule has 0 saturated carbocycles. The standard InChI is InChI=1S/C9H6N2O/c12-6-8-3-1-2-7-4-10-11-5-9(7)8/h1-6H. The molecule has 3 nitrogen and oxygen atoms in total. The van der Waals surface area contributed by atoms with Crippen molar-refractivity contribution in [2.45, 2.75) is 0 Å². The summed E-state index contributed by atoms with van der Waals surface area (Å²) in [6.07, 6.45) is 4.06. The van der Waals surface area contributed by atoms with Crippen LogP contribution in [0.4, 0.5) is 0 Å². The zero-order valence-corrected chi connectivity index (χ0v) is 6.27. The van der Waals surface area contributed by atoms with Gasteiger partial charge in [-0.05, 0) is 0 Å². The van der Waals surface area contributed by atoms with Gasteiger partial charge >= 0.3 is 0 Å². The van der Waals surface area contributed by atoms with Crippen molar-refractivity contribution in [3.05, 3.63) is 36.2 Å². The summed E-state index contributed by atoms with van der Waals surface area (Å²) in [7, 11) is 0. The maximum Gasteiger partial charge on any atom is 0.150 e. The Balaban J connectivity index is 2.88. The summed E-state index contributed by atoms with van der Waals surface area (Å²) in [5.41, 5.74) is 0.655. The fourth-order valence-electron chi connectivity index (χ4n) is 1.15. The predicted octanol–water partition coefficient (Wildman–Crippen LogP) is 1.44. The molecule has 0 amide bonds. The highest BCUT2D eigenvalue weighted by molar-refractivity contribution is 5.97. The Bertz CT molecular complexity index is 420. The van der Waals surface area contributed by atoms with Crippen LogP contribution < -0.4 is 0 Å². The van der Waals surface area contributed by atoms with Crippen LogP contribution in [0, 0.1) is 0 Å². The maximum absolute atomic E-state index is 10.6. The van der Waals surface area contributed by atoms with Crippen LogP contribution in [-0.4, -0.2) is 16.5 Å². The Labute approximate surface area is 69.0 Å². The molecule has 58 valence electrons. The van der Waals surface area contributed by atoms with E-state index < -0.39 is 0 Å². The molecule has 2 aromatic rings. The van der Waals surface area contributed by atoms with Gasteiger partial charge in [0.2, 0.25) is 0 Å². The average Bonchev–Trinajstić information content (AvgIpc) is 2.17. The van der Waals surface area contributed by atoms with Gasteiger partial charge in [-0.25, -0.2) is 0 Å². The molecule has 0 N–H and O–H groups in total. The number of hydrogen-bond donors (Lipinski definition) is 0. The Morgan fingerprint density at radius 3 is 2.83 bits per heavy atom. The average molecular weight is 158 g/mol. The van der Waals surface area contributed by atoms with Crippen LogP contribution in [-0.2, 0) is 0 Å². The van der Waals surface area contributed by atoms with E-state index in [-0.39, 0.29) is 0 Å². The van der Waals surface area contributed by atoms with E-state index in [9.17, 15) is 4.79 Å². The lowest BCUT2D eigenvalue weighted by atomic mass is 10.1. The van der Waals surface area contributed by atoms with Crippen LogP contribution in [0.5, 0.6) is 0 Å². The van der Waals surface area contributed by atoms with Crippen LogP contribution in [0.2, 0.25) is 0 Å². The minimum absolute atomic E-state index is 0.655. The summed E-state index contributed by atoms with van der Waals surface area (Å²) >= 11 is 0. The third-order valence-corrected chi connectivity index (χ3v) is 1.75. The topological polar surface area (TPSA) is 42.9 Å². The number of nitrogens with zero attached hydrogens (tertiary/aromatic N) is 2. The lowest BCUT2D eigenvalue weighted by molar-refractivity contribution is 0.112. The fraction of sp³-hybridized carbons (Fsp3) is 0. The molecule has 0 aliphatic heterocycles. The molecule has 0 fully saturated rings. The van der Waals surface area contributed by atoms with Gasteiger partial charge in [0.1, 0.15) is 0 Å².